The van der Waals surface area contributed by atoms with Crippen molar-refractivity contribution in [2.75, 3.05) is 7.11 Å². The van der Waals surface area contributed by atoms with Gasteiger partial charge in [0, 0.05) is 30.4 Å². The molecular formula is C18H17N3O3S. The van der Waals surface area contributed by atoms with Crippen molar-refractivity contribution in [2.45, 2.75) is 25.4 Å². The van der Waals surface area contributed by atoms with Crippen molar-refractivity contribution in [3.8, 4) is 5.75 Å². The Labute approximate surface area is 148 Å². The van der Waals surface area contributed by atoms with Crippen LogP contribution in [-0.2, 0) is 6.54 Å². The average Bonchev–Trinajstić information content (AvgIpc) is 3.36. The molecule has 0 atom stereocenters. The van der Waals surface area contributed by atoms with Crippen LogP contribution in [0.1, 0.15) is 28.8 Å². The van der Waals surface area contributed by atoms with E-state index in [4.69, 9.17) is 4.74 Å². The number of amides is 1. The molecule has 1 aliphatic carbocycles. The van der Waals surface area contributed by atoms with Crippen molar-refractivity contribution in [3.05, 3.63) is 63.5 Å². The molecule has 7 heteroatoms. The van der Waals surface area contributed by atoms with E-state index >= 15 is 0 Å². The number of nitrogens with zero attached hydrogens (tertiary/aromatic N) is 3. The smallest absolute Gasteiger partial charge is 0.271 e. The van der Waals surface area contributed by atoms with Crippen LogP contribution in [0, 0.1) is 0 Å². The van der Waals surface area contributed by atoms with Gasteiger partial charge in [0.25, 0.3) is 11.5 Å². The van der Waals surface area contributed by atoms with Gasteiger partial charge in [-0.3, -0.25) is 14.0 Å². The number of carbonyl (C=O) groups is 1. The van der Waals surface area contributed by atoms with Gasteiger partial charge in [-0.25, -0.2) is 4.98 Å². The number of carbonyl (C=O) groups excluding carboxylic acids is 1. The van der Waals surface area contributed by atoms with Crippen LogP contribution in [0.4, 0.5) is 0 Å². The monoisotopic (exact) mass is 355 g/mol. The molecule has 1 aliphatic rings. The lowest BCUT2D eigenvalue weighted by Crippen LogP contribution is -2.36. The quantitative estimate of drug-likeness (QED) is 0.706. The maximum atomic E-state index is 13.0. The SMILES string of the molecule is COc1ccc(CN(C(=O)c2cnc3sccn3c2=O)C2CC2)cc1. The second kappa shape index (κ2) is 6.33. The third-order valence-electron chi connectivity index (χ3n) is 4.33. The van der Waals surface area contributed by atoms with Crippen molar-refractivity contribution in [2.24, 2.45) is 0 Å². The van der Waals surface area contributed by atoms with Crippen LogP contribution in [0.2, 0.25) is 0 Å². The Morgan fingerprint density at radius 1 is 1.36 bits per heavy atom. The van der Waals surface area contributed by atoms with Crippen LogP contribution < -0.4 is 10.3 Å². The molecule has 1 fully saturated rings. The highest BCUT2D eigenvalue weighted by Gasteiger charge is 2.34. The van der Waals surface area contributed by atoms with Crippen LogP contribution >= 0.6 is 11.3 Å². The van der Waals surface area contributed by atoms with Gasteiger partial charge in [0.2, 0.25) is 0 Å². The van der Waals surface area contributed by atoms with Crippen LogP contribution in [0.15, 0.2) is 46.8 Å². The fourth-order valence-electron chi connectivity index (χ4n) is 2.81. The van der Waals surface area contributed by atoms with Gasteiger partial charge in [-0.1, -0.05) is 12.1 Å². The molecule has 0 bridgehead atoms. The molecule has 0 saturated heterocycles. The molecule has 0 aliphatic heterocycles. The molecule has 2 heterocycles. The van der Waals surface area contributed by atoms with Crippen LogP contribution in [-0.4, -0.2) is 33.3 Å². The second-order valence-electron chi connectivity index (χ2n) is 6.04. The number of ether oxygens (including phenoxy) is 1. The van der Waals surface area contributed by atoms with Crippen LogP contribution in [0.5, 0.6) is 5.75 Å². The minimum absolute atomic E-state index is 0.122. The first kappa shape index (κ1) is 15.8. The molecule has 4 rings (SSSR count). The van der Waals surface area contributed by atoms with Gasteiger partial charge in [-0.05, 0) is 30.5 Å². The van der Waals surface area contributed by atoms with Crippen molar-refractivity contribution in [3.63, 3.8) is 0 Å². The summed E-state index contributed by atoms with van der Waals surface area (Å²) < 4.78 is 6.59. The number of benzene rings is 1. The van der Waals surface area contributed by atoms with Crippen molar-refractivity contribution in [1.29, 1.82) is 0 Å². The number of rotatable bonds is 5. The predicted octanol–water partition coefficient (Wildman–Crippen LogP) is 2.57. The van der Waals surface area contributed by atoms with E-state index in [1.54, 1.807) is 23.6 Å². The summed E-state index contributed by atoms with van der Waals surface area (Å²) in [4.78, 5) is 32.2. The number of aromatic nitrogens is 2. The summed E-state index contributed by atoms with van der Waals surface area (Å²) in [7, 11) is 1.62. The number of thiazole rings is 1. The number of hydrogen-bond acceptors (Lipinski definition) is 5. The molecule has 1 aromatic carbocycles. The molecule has 0 unspecified atom stereocenters. The zero-order chi connectivity index (χ0) is 17.4. The molecule has 1 saturated carbocycles. The minimum Gasteiger partial charge on any atom is -0.497 e. The van der Waals surface area contributed by atoms with E-state index in [1.165, 1.54) is 21.9 Å². The first-order valence-corrected chi connectivity index (χ1v) is 8.94. The number of methoxy groups -OCH3 is 1. The van der Waals surface area contributed by atoms with Crippen LogP contribution in [0.3, 0.4) is 0 Å². The van der Waals surface area contributed by atoms with E-state index in [1.807, 2.05) is 24.3 Å². The third kappa shape index (κ3) is 3.02. The van der Waals surface area contributed by atoms with Gasteiger partial charge < -0.3 is 9.64 Å². The van der Waals surface area contributed by atoms with Gasteiger partial charge in [-0.2, -0.15) is 0 Å². The van der Waals surface area contributed by atoms with Crippen LogP contribution in [0.25, 0.3) is 4.96 Å². The normalized spacial score (nSPS) is 13.8. The van der Waals surface area contributed by atoms with Crippen molar-refractivity contribution in [1.82, 2.24) is 14.3 Å². The largest absolute Gasteiger partial charge is 0.497 e. The van der Waals surface area contributed by atoms with E-state index < -0.39 is 0 Å². The Morgan fingerprint density at radius 3 is 2.80 bits per heavy atom. The van der Waals surface area contributed by atoms with E-state index in [9.17, 15) is 9.59 Å². The zero-order valence-corrected chi connectivity index (χ0v) is 14.5. The maximum Gasteiger partial charge on any atom is 0.271 e. The Balaban J connectivity index is 1.64. The second-order valence-corrected chi connectivity index (χ2v) is 6.92. The standard InChI is InChI=1S/C18H17N3O3S/c1-24-14-6-2-12(3-7-14)11-21(13-4-5-13)17(23)15-10-19-18-20(16(15)22)8-9-25-18/h2-3,6-10,13H,4-5,11H2,1H3. The molecule has 3 aromatic rings. The highest BCUT2D eigenvalue weighted by molar-refractivity contribution is 7.15. The number of fused-ring (bicyclic) bond motifs is 1. The van der Waals surface area contributed by atoms with Gasteiger partial charge in [0.1, 0.15) is 11.3 Å². The topological polar surface area (TPSA) is 63.9 Å². The Morgan fingerprint density at radius 2 is 2.12 bits per heavy atom. The molecule has 0 spiro atoms. The molecule has 0 radical (unpaired) electrons. The zero-order valence-electron chi connectivity index (χ0n) is 13.7. The highest BCUT2D eigenvalue weighted by Crippen LogP contribution is 2.29. The summed E-state index contributed by atoms with van der Waals surface area (Å²) in [5, 5.41) is 1.79. The maximum absolute atomic E-state index is 13.0. The summed E-state index contributed by atoms with van der Waals surface area (Å²) in [6, 6.07) is 7.82. The van der Waals surface area contributed by atoms with E-state index in [0.717, 1.165) is 24.2 Å². The lowest BCUT2D eigenvalue weighted by atomic mass is 10.2. The van der Waals surface area contributed by atoms with E-state index in [2.05, 4.69) is 4.98 Å². The summed E-state index contributed by atoms with van der Waals surface area (Å²) in [6.45, 7) is 0.472. The average molecular weight is 355 g/mol. The van der Waals surface area contributed by atoms with Gasteiger partial charge in [0.05, 0.1) is 7.11 Å². The first-order valence-electron chi connectivity index (χ1n) is 8.06. The summed E-state index contributed by atoms with van der Waals surface area (Å²) in [5.41, 5.74) is 0.818. The lowest BCUT2D eigenvalue weighted by molar-refractivity contribution is 0.0727. The first-order chi connectivity index (χ1) is 12.2. The highest BCUT2D eigenvalue weighted by atomic mass is 32.1. The molecule has 25 heavy (non-hydrogen) atoms. The lowest BCUT2D eigenvalue weighted by Gasteiger charge is -2.22. The third-order valence-corrected chi connectivity index (χ3v) is 5.10. The molecule has 1 amide bonds. The van der Waals surface area contributed by atoms with E-state index in [-0.39, 0.29) is 23.1 Å². The number of hydrogen-bond donors (Lipinski definition) is 0. The van der Waals surface area contributed by atoms with Gasteiger partial charge in [0.15, 0.2) is 4.96 Å². The molecule has 0 N–H and O–H groups in total. The minimum atomic E-state index is -0.309. The molecule has 6 nitrogen and oxygen atoms in total. The molecule has 2 aromatic heterocycles. The Kier molecular flexibility index (Phi) is 4.01. The van der Waals surface area contributed by atoms with E-state index in [0.29, 0.717) is 11.5 Å². The van der Waals surface area contributed by atoms with Crippen molar-refractivity contribution < 1.29 is 9.53 Å². The Bertz CT molecular complexity index is 973. The Hall–Kier alpha value is -2.67. The fraction of sp³-hybridized carbons (Fsp3) is 0.278. The summed E-state index contributed by atoms with van der Waals surface area (Å²) >= 11 is 1.37. The fourth-order valence-corrected chi connectivity index (χ4v) is 3.48. The molecule has 128 valence electrons. The molecular weight excluding hydrogens is 338 g/mol. The van der Waals surface area contributed by atoms with Gasteiger partial charge >= 0.3 is 0 Å². The predicted molar refractivity (Wildman–Crippen MR) is 95.2 cm³/mol. The van der Waals surface area contributed by atoms with Crippen molar-refractivity contribution >= 4 is 22.2 Å². The van der Waals surface area contributed by atoms with Gasteiger partial charge in [-0.15, -0.1) is 11.3 Å². The summed E-state index contributed by atoms with van der Waals surface area (Å²) in [5.74, 6) is 0.523. The summed E-state index contributed by atoms with van der Waals surface area (Å²) in [6.07, 6.45) is 4.99.